The molecule has 0 bridgehead atoms. The number of sulfone groups is 1. The summed E-state index contributed by atoms with van der Waals surface area (Å²) in [6.45, 7) is 2.67. The Morgan fingerprint density at radius 1 is 1.43 bits per heavy atom. The van der Waals surface area contributed by atoms with Crippen molar-refractivity contribution in [3.63, 3.8) is 0 Å². The van der Waals surface area contributed by atoms with Gasteiger partial charge in [-0.25, -0.2) is 13.4 Å². The monoisotopic (exact) mass is 342 g/mol. The summed E-state index contributed by atoms with van der Waals surface area (Å²) in [7, 11) is -3.13. The van der Waals surface area contributed by atoms with E-state index in [2.05, 4.69) is 10.3 Å². The van der Waals surface area contributed by atoms with Crippen LogP contribution in [-0.4, -0.2) is 31.5 Å². The molecule has 9 heteroatoms. The predicted octanol–water partition coefficient (Wildman–Crippen LogP) is 2.56. The van der Waals surface area contributed by atoms with Crippen LogP contribution in [0.2, 0.25) is 0 Å². The zero-order chi connectivity index (χ0) is 15.7. The number of thiazole rings is 1. The highest BCUT2D eigenvalue weighted by atomic mass is 32.2. The lowest BCUT2D eigenvalue weighted by molar-refractivity contribution is -0.141. The molecule has 0 aromatic carbocycles. The van der Waals surface area contributed by atoms with Gasteiger partial charge in [-0.1, -0.05) is 6.92 Å². The molecule has 0 saturated carbocycles. The Bertz CT molecular complexity index is 596. The molecule has 1 aromatic heterocycles. The first-order valence-electron chi connectivity index (χ1n) is 6.71. The smallest absolute Gasteiger partial charge is 0.312 e. The van der Waals surface area contributed by atoms with Crippen molar-refractivity contribution < 1.29 is 21.6 Å². The maximum atomic E-state index is 13.0. The quantitative estimate of drug-likeness (QED) is 0.836. The highest BCUT2D eigenvalue weighted by Gasteiger charge is 2.39. The Morgan fingerprint density at radius 3 is 2.67 bits per heavy atom. The van der Waals surface area contributed by atoms with E-state index >= 15 is 0 Å². The van der Waals surface area contributed by atoms with Gasteiger partial charge in [0.1, 0.15) is 0 Å². The minimum Gasteiger partial charge on any atom is -0.312 e. The van der Waals surface area contributed by atoms with Crippen LogP contribution in [0.3, 0.4) is 0 Å². The van der Waals surface area contributed by atoms with Gasteiger partial charge in [0.2, 0.25) is 0 Å². The first kappa shape index (κ1) is 16.7. The van der Waals surface area contributed by atoms with E-state index in [4.69, 9.17) is 0 Å². The summed E-state index contributed by atoms with van der Waals surface area (Å²) in [5, 5.41) is 3.22. The Hall–Kier alpha value is -0.670. The van der Waals surface area contributed by atoms with Crippen LogP contribution >= 0.6 is 11.3 Å². The molecule has 1 aliphatic heterocycles. The fraction of sp³-hybridized carbons (Fsp3) is 0.750. The Kier molecular flexibility index (Phi) is 4.94. The Labute approximate surface area is 125 Å². The predicted molar refractivity (Wildman–Crippen MR) is 75.1 cm³/mol. The van der Waals surface area contributed by atoms with Gasteiger partial charge in [-0.15, -0.1) is 11.3 Å². The second-order valence-electron chi connectivity index (χ2n) is 5.10. The zero-order valence-corrected chi connectivity index (χ0v) is 13.2. The van der Waals surface area contributed by atoms with Crippen molar-refractivity contribution in [3.8, 4) is 0 Å². The number of alkyl halides is 3. The van der Waals surface area contributed by atoms with Crippen LogP contribution in [0.1, 0.15) is 41.3 Å². The fourth-order valence-electron chi connectivity index (χ4n) is 2.25. The van der Waals surface area contributed by atoms with E-state index in [1.807, 2.05) is 6.92 Å². The van der Waals surface area contributed by atoms with Gasteiger partial charge in [-0.3, -0.25) is 0 Å². The van der Waals surface area contributed by atoms with E-state index in [0.717, 1.165) is 17.8 Å². The van der Waals surface area contributed by atoms with Crippen molar-refractivity contribution >= 4 is 21.2 Å². The molecule has 1 aromatic rings. The molecule has 2 heterocycles. The maximum absolute atomic E-state index is 13.0. The Morgan fingerprint density at radius 2 is 2.14 bits per heavy atom. The third-order valence-electron chi connectivity index (χ3n) is 3.28. The van der Waals surface area contributed by atoms with Gasteiger partial charge < -0.3 is 5.32 Å². The lowest BCUT2D eigenvalue weighted by Crippen LogP contribution is -2.17. The minimum absolute atomic E-state index is 0.0298. The molecule has 0 amide bonds. The summed E-state index contributed by atoms with van der Waals surface area (Å²) in [5.74, 6) is -0.470. The SMILES string of the molecule is CCCNCc1sc(C2CCS(=O)(=O)C2)nc1C(F)(F)F. The van der Waals surface area contributed by atoms with Gasteiger partial charge in [0.25, 0.3) is 0 Å². The van der Waals surface area contributed by atoms with E-state index in [-0.39, 0.29) is 27.9 Å². The molecule has 1 atom stereocenters. The fourth-order valence-corrected chi connectivity index (χ4v) is 5.30. The van der Waals surface area contributed by atoms with Crippen LogP contribution < -0.4 is 5.32 Å². The number of nitrogens with zero attached hydrogens (tertiary/aromatic N) is 1. The number of halogens is 3. The minimum atomic E-state index is -4.50. The van der Waals surface area contributed by atoms with Crippen LogP contribution in [-0.2, 0) is 22.6 Å². The van der Waals surface area contributed by atoms with Crippen molar-refractivity contribution in [2.45, 2.75) is 38.4 Å². The summed E-state index contributed by atoms with van der Waals surface area (Å²) < 4.78 is 61.9. The second kappa shape index (κ2) is 6.21. The van der Waals surface area contributed by atoms with Gasteiger partial charge in [-0.2, -0.15) is 13.2 Å². The average Bonchev–Trinajstić information content (AvgIpc) is 2.92. The average molecular weight is 342 g/mol. The highest BCUT2D eigenvalue weighted by molar-refractivity contribution is 7.91. The molecule has 0 spiro atoms. The summed E-state index contributed by atoms with van der Waals surface area (Å²) in [6, 6.07) is 0. The number of hydrogen-bond acceptors (Lipinski definition) is 5. The van der Waals surface area contributed by atoms with Crippen LogP contribution in [0.15, 0.2) is 0 Å². The van der Waals surface area contributed by atoms with E-state index in [0.29, 0.717) is 13.0 Å². The number of aromatic nitrogens is 1. The van der Waals surface area contributed by atoms with Crippen molar-refractivity contribution in [3.05, 3.63) is 15.6 Å². The highest BCUT2D eigenvalue weighted by Crippen LogP contribution is 2.39. The molecule has 0 aliphatic carbocycles. The van der Waals surface area contributed by atoms with Crippen LogP contribution in [0.5, 0.6) is 0 Å². The molecule has 1 aliphatic rings. The molecular formula is C12H17F3N2O2S2. The largest absolute Gasteiger partial charge is 0.434 e. The third kappa shape index (κ3) is 4.17. The van der Waals surface area contributed by atoms with Gasteiger partial charge >= 0.3 is 6.18 Å². The number of hydrogen-bond donors (Lipinski definition) is 1. The van der Waals surface area contributed by atoms with Crippen LogP contribution in [0.4, 0.5) is 13.2 Å². The molecule has 4 nitrogen and oxygen atoms in total. The van der Waals surface area contributed by atoms with E-state index in [1.165, 1.54) is 0 Å². The zero-order valence-electron chi connectivity index (χ0n) is 11.5. The molecule has 120 valence electrons. The van der Waals surface area contributed by atoms with Crippen molar-refractivity contribution in [1.29, 1.82) is 0 Å². The number of rotatable bonds is 5. The lowest BCUT2D eigenvalue weighted by atomic mass is 10.1. The summed E-state index contributed by atoms with van der Waals surface area (Å²) in [4.78, 5) is 3.83. The molecule has 1 saturated heterocycles. The standard InChI is InChI=1S/C12H17F3N2O2S2/c1-2-4-16-6-9-10(12(13,14)15)17-11(20-9)8-3-5-21(18,19)7-8/h8,16H,2-7H2,1H3. The molecule has 1 fully saturated rings. The van der Waals surface area contributed by atoms with Crippen molar-refractivity contribution in [2.24, 2.45) is 0 Å². The molecular weight excluding hydrogens is 325 g/mol. The van der Waals surface area contributed by atoms with Crippen LogP contribution in [0.25, 0.3) is 0 Å². The van der Waals surface area contributed by atoms with Crippen LogP contribution in [0, 0.1) is 0 Å². The van der Waals surface area contributed by atoms with Gasteiger partial charge in [0.05, 0.1) is 21.4 Å². The molecule has 1 N–H and O–H groups in total. The van der Waals surface area contributed by atoms with Gasteiger partial charge in [-0.05, 0) is 19.4 Å². The third-order valence-corrected chi connectivity index (χ3v) is 6.26. The van der Waals surface area contributed by atoms with Crippen molar-refractivity contribution in [2.75, 3.05) is 18.1 Å². The van der Waals surface area contributed by atoms with E-state index in [9.17, 15) is 21.6 Å². The number of nitrogens with one attached hydrogen (secondary N) is 1. The van der Waals surface area contributed by atoms with E-state index in [1.54, 1.807) is 0 Å². The van der Waals surface area contributed by atoms with E-state index < -0.39 is 27.6 Å². The molecule has 1 unspecified atom stereocenters. The summed E-state index contributed by atoms with van der Waals surface area (Å²) in [6.07, 6.45) is -3.32. The Balaban J connectivity index is 2.24. The lowest BCUT2D eigenvalue weighted by Gasteiger charge is -2.06. The molecule has 0 radical (unpaired) electrons. The van der Waals surface area contributed by atoms with Gasteiger partial charge in [0.15, 0.2) is 15.5 Å². The maximum Gasteiger partial charge on any atom is 0.434 e. The van der Waals surface area contributed by atoms with Crippen molar-refractivity contribution in [1.82, 2.24) is 10.3 Å². The first-order chi connectivity index (χ1) is 9.73. The van der Waals surface area contributed by atoms with Gasteiger partial charge in [0, 0.05) is 12.5 Å². The molecule has 2 rings (SSSR count). The first-order valence-corrected chi connectivity index (χ1v) is 9.34. The second-order valence-corrected chi connectivity index (χ2v) is 8.44. The summed E-state index contributed by atoms with van der Waals surface area (Å²) >= 11 is 0.977. The topological polar surface area (TPSA) is 59.1 Å². The molecule has 21 heavy (non-hydrogen) atoms. The normalized spacial score (nSPS) is 21.8. The summed E-state index contributed by atoms with van der Waals surface area (Å²) in [5.41, 5.74) is -0.879.